The summed E-state index contributed by atoms with van der Waals surface area (Å²) < 4.78 is 0. The second-order valence-electron chi connectivity index (χ2n) is 5.17. The van der Waals surface area contributed by atoms with Crippen LogP contribution in [0.4, 0.5) is 0 Å². The molecule has 0 spiro atoms. The Kier molecular flexibility index (Phi) is 5.88. The van der Waals surface area contributed by atoms with E-state index in [1.807, 2.05) is 0 Å². The molecule has 0 bridgehead atoms. The van der Waals surface area contributed by atoms with Crippen LogP contribution in [0.3, 0.4) is 0 Å². The minimum absolute atomic E-state index is 0.377. The van der Waals surface area contributed by atoms with Crippen LogP contribution < -0.4 is 5.32 Å². The summed E-state index contributed by atoms with van der Waals surface area (Å²) in [5, 5.41) is 3.44. The molecule has 82 valence electrons. The lowest BCUT2D eigenvalue weighted by Crippen LogP contribution is -2.33. The lowest BCUT2D eigenvalue weighted by Gasteiger charge is -2.30. The largest absolute Gasteiger partial charge is 0.313 e. The smallest absolute Gasteiger partial charge is 0.0240 e. The Morgan fingerprint density at radius 2 is 1.93 bits per heavy atom. The third-order valence-corrected chi connectivity index (χ3v) is 2.97. The van der Waals surface area contributed by atoms with Gasteiger partial charge in [0.2, 0.25) is 0 Å². The highest BCUT2D eigenvalue weighted by Crippen LogP contribution is 2.29. The molecule has 0 aliphatic heterocycles. The van der Waals surface area contributed by atoms with Crippen LogP contribution in [0.25, 0.3) is 0 Å². The molecule has 0 fully saturated rings. The van der Waals surface area contributed by atoms with Crippen LogP contribution in [0.5, 0.6) is 0 Å². The maximum absolute atomic E-state index is 5.35. The molecule has 14 heavy (non-hydrogen) atoms. The van der Waals surface area contributed by atoms with Crippen LogP contribution in [0, 0.1) is 23.7 Å². The first-order chi connectivity index (χ1) is 6.41. The van der Waals surface area contributed by atoms with E-state index < -0.39 is 0 Å². The molecule has 0 aromatic carbocycles. The Morgan fingerprint density at radius 1 is 1.36 bits per heavy atom. The van der Waals surface area contributed by atoms with E-state index in [0.29, 0.717) is 17.4 Å². The van der Waals surface area contributed by atoms with Crippen molar-refractivity contribution in [2.45, 2.75) is 53.5 Å². The van der Waals surface area contributed by atoms with Crippen LogP contribution in [-0.2, 0) is 0 Å². The highest BCUT2D eigenvalue weighted by molar-refractivity contribution is 4.91. The van der Waals surface area contributed by atoms with Gasteiger partial charge in [-0.05, 0) is 24.3 Å². The van der Waals surface area contributed by atoms with Gasteiger partial charge >= 0.3 is 0 Å². The van der Waals surface area contributed by atoms with Crippen LogP contribution in [0.2, 0.25) is 0 Å². The predicted octanol–water partition coefficient (Wildman–Crippen LogP) is 3.06. The van der Waals surface area contributed by atoms with Gasteiger partial charge in [0.1, 0.15) is 0 Å². The molecule has 0 aromatic heterocycles. The van der Waals surface area contributed by atoms with E-state index in [9.17, 15) is 0 Å². The first-order valence-corrected chi connectivity index (χ1v) is 5.58. The minimum atomic E-state index is 0.377. The molecule has 0 saturated heterocycles. The molecule has 0 aliphatic carbocycles. The van der Waals surface area contributed by atoms with Gasteiger partial charge in [-0.3, -0.25) is 0 Å². The quantitative estimate of drug-likeness (QED) is 0.665. The first kappa shape index (κ1) is 13.5. The van der Waals surface area contributed by atoms with Gasteiger partial charge in [0.15, 0.2) is 0 Å². The SMILES string of the molecule is C#CCC(CC(C)C(C)(C)C)NCC. The maximum atomic E-state index is 5.35. The molecule has 2 atom stereocenters. The Hall–Kier alpha value is -0.480. The van der Waals surface area contributed by atoms with Crippen LogP contribution in [-0.4, -0.2) is 12.6 Å². The third kappa shape index (κ3) is 5.29. The average molecular weight is 195 g/mol. The first-order valence-electron chi connectivity index (χ1n) is 5.58. The Bertz CT molecular complexity index is 182. The summed E-state index contributed by atoms with van der Waals surface area (Å²) in [7, 11) is 0. The summed E-state index contributed by atoms with van der Waals surface area (Å²) in [5.74, 6) is 3.44. The molecule has 0 rings (SSSR count). The lowest BCUT2D eigenvalue weighted by molar-refractivity contribution is 0.224. The average Bonchev–Trinajstić information content (AvgIpc) is 2.03. The fraction of sp³-hybridized carbons (Fsp3) is 0.846. The van der Waals surface area contributed by atoms with Crippen molar-refractivity contribution in [3.8, 4) is 12.3 Å². The second-order valence-corrected chi connectivity index (χ2v) is 5.17. The standard InChI is InChI=1S/C13H25N/c1-7-9-12(14-8-2)10-11(3)13(4,5)6/h1,11-12,14H,8-10H2,2-6H3. The summed E-state index contributed by atoms with van der Waals surface area (Å²) in [6.45, 7) is 12.3. The molecule has 0 aromatic rings. The van der Waals surface area contributed by atoms with E-state index >= 15 is 0 Å². The molecule has 1 heteroatoms. The van der Waals surface area contributed by atoms with Crippen LogP contribution in [0.1, 0.15) is 47.5 Å². The molecule has 0 radical (unpaired) electrons. The van der Waals surface area contributed by atoms with E-state index in [-0.39, 0.29) is 0 Å². The second kappa shape index (κ2) is 6.09. The van der Waals surface area contributed by atoms with Crippen molar-refractivity contribution < 1.29 is 0 Å². The molecule has 1 nitrogen and oxygen atoms in total. The Balaban J connectivity index is 4.09. The fourth-order valence-corrected chi connectivity index (χ4v) is 1.45. The van der Waals surface area contributed by atoms with Gasteiger partial charge in [0.05, 0.1) is 0 Å². The zero-order chi connectivity index (χ0) is 11.2. The molecule has 0 aliphatic rings. The van der Waals surface area contributed by atoms with Crippen molar-refractivity contribution in [3.05, 3.63) is 0 Å². The maximum Gasteiger partial charge on any atom is 0.0240 e. The van der Waals surface area contributed by atoms with Crippen molar-refractivity contribution in [3.63, 3.8) is 0 Å². The zero-order valence-electron chi connectivity index (χ0n) is 10.4. The monoisotopic (exact) mass is 195 g/mol. The van der Waals surface area contributed by atoms with Crippen LogP contribution >= 0.6 is 0 Å². The number of nitrogens with one attached hydrogen (secondary N) is 1. The number of rotatable bonds is 5. The molecule has 0 heterocycles. The van der Waals surface area contributed by atoms with Crippen molar-refractivity contribution in [1.82, 2.24) is 5.32 Å². The summed E-state index contributed by atoms with van der Waals surface area (Å²) >= 11 is 0. The summed E-state index contributed by atoms with van der Waals surface area (Å²) in [4.78, 5) is 0. The van der Waals surface area contributed by atoms with Crippen molar-refractivity contribution in [1.29, 1.82) is 0 Å². The molecule has 1 N–H and O–H groups in total. The topological polar surface area (TPSA) is 12.0 Å². The number of terminal acetylenes is 1. The van der Waals surface area contributed by atoms with Gasteiger partial charge in [-0.2, -0.15) is 0 Å². The molecule has 0 saturated carbocycles. The van der Waals surface area contributed by atoms with Gasteiger partial charge in [0, 0.05) is 12.5 Å². The predicted molar refractivity (Wildman–Crippen MR) is 64.2 cm³/mol. The minimum Gasteiger partial charge on any atom is -0.313 e. The Labute approximate surface area is 89.7 Å². The van der Waals surface area contributed by atoms with E-state index in [2.05, 4.69) is 45.9 Å². The molecule has 0 amide bonds. The van der Waals surface area contributed by atoms with Crippen molar-refractivity contribution >= 4 is 0 Å². The van der Waals surface area contributed by atoms with Crippen molar-refractivity contribution in [2.24, 2.45) is 11.3 Å². The lowest BCUT2D eigenvalue weighted by atomic mass is 9.78. The summed E-state index contributed by atoms with van der Waals surface area (Å²) in [5.41, 5.74) is 0.377. The van der Waals surface area contributed by atoms with E-state index in [1.165, 1.54) is 6.42 Å². The van der Waals surface area contributed by atoms with Gasteiger partial charge in [-0.1, -0.05) is 34.6 Å². The zero-order valence-corrected chi connectivity index (χ0v) is 10.4. The summed E-state index contributed by atoms with van der Waals surface area (Å²) in [6.07, 6.45) is 7.36. The van der Waals surface area contributed by atoms with Gasteiger partial charge in [-0.25, -0.2) is 0 Å². The highest BCUT2D eigenvalue weighted by atomic mass is 14.9. The molecule has 2 unspecified atom stereocenters. The van der Waals surface area contributed by atoms with Crippen LogP contribution in [0.15, 0.2) is 0 Å². The van der Waals surface area contributed by atoms with Gasteiger partial charge < -0.3 is 5.32 Å². The highest BCUT2D eigenvalue weighted by Gasteiger charge is 2.22. The van der Waals surface area contributed by atoms with E-state index in [1.54, 1.807) is 0 Å². The molecular formula is C13H25N. The van der Waals surface area contributed by atoms with Gasteiger partial charge in [-0.15, -0.1) is 12.3 Å². The Morgan fingerprint density at radius 3 is 2.29 bits per heavy atom. The van der Waals surface area contributed by atoms with Crippen molar-refractivity contribution in [2.75, 3.05) is 6.54 Å². The number of hydrogen-bond acceptors (Lipinski definition) is 1. The number of hydrogen-bond donors (Lipinski definition) is 1. The normalized spacial score (nSPS) is 16.0. The van der Waals surface area contributed by atoms with Gasteiger partial charge in [0.25, 0.3) is 0 Å². The third-order valence-electron chi connectivity index (χ3n) is 2.97. The van der Waals surface area contributed by atoms with E-state index in [0.717, 1.165) is 13.0 Å². The molecular weight excluding hydrogens is 170 g/mol. The summed E-state index contributed by atoms with van der Waals surface area (Å²) in [6, 6.07) is 0.485. The van der Waals surface area contributed by atoms with E-state index in [4.69, 9.17) is 6.42 Å². The fourth-order valence-electron chi connectivity index (χ4n) is 1.45.